The fraction of sp³-hybridized carbons (Fsp3) is 0.400. The lowest BCUT2D eigenvalue weighted by Gasteiger charge is -2.18. The number of halogens is 2. The molecule has 10 heteroatoms. The smallest absolute Gasteiger partial charge is 0.246 e. The molecule has 1 fully saturated rings. The number of benzene rings is 1. The first-order valence-electron chi connectivity index (χ1n) is 5.61. The molecule has 6 nitrogen and oxygen atoms in total. The van der Waals surface area contributed by atoms with Gasteiger partial charge in [0.2, 0.25) is 20.0 Å². The van der Waals surface area contributed by atoms with Crippen molar-refractivity contribution in [1.29, 1.82) is 0 Å². The van der Waals surface area contributed by atoms with Crippen molar-refractivity contribution in [3.05, 3.63) is 23.2 Å². The predicted molar refractivity (Wildman–Crippen MR) is 80.5 cm³/mol. The summed E-state index contributed by atoms with van der Waals surface area (Å²) in [4.78, 5) is 0. The average molecular weight is 359 g/mol. The molecule has 1 saturated heterocycles. The molecule has 0 saturated carbocycles. The van der Waals surface area contributed by atoms with E-state index in [1.165, 1.54) is 22.5 Å². The van der Waals surface area contributed by atoms with E-state index in [-0.39, 0.29) is 16.5 Å². The second-order valence-electron chi connectivity index (χ2n) is 4.23. The normalized spacial score (nSPS) is 18.2. The van der Waals surface area contributed by atoms with Gasteiger partial charge in [0.25, 0.3) is 0 Å². The van der Waals surface area contributed by atoms with Gasteiger partial charge in [-0.3, -0.25) is 9.03 Å². The van der Waals surface area contributed by atoms with Gasteiger partial charge in [0, 0.05) is 6.54 Å². The van der Waals surface area contributed by atoms with Gasteiger partial charge < -0.3 is 0 Å². The van der Waals surface area contributed by atoms with E-state index in [9.17, 15) is 16.8 Å². The number of hydrogen-bond donors (Lipinski definition) is 1. The van der Waals surface area contributed by atoms with Crippen LogP contribution < -0.4 is 9.03 Å². The summed E-state index contributed by atoms with van der Waals surface area (Å²) in [5.74, 6) is 0.102. The average Bonchev–Trinajstić information content (AvgIpc) is 2.71. The van der Waals surface area contributed by atoms with Crippen molar-refractivity contribution in [3.63, 3.8) is 0 Å². The van der Waals surface area contributed by atoms with Crippen LogP contribution in [-0.2, 0) is 20.0 Å². The molecule has 1 aromatic rings. The van der Waals surface area contributed by atoms with E-state index in [4.69, 9.17) is 23.2 Å². The van der Waals surface area contributed by atoms with Gasteiger partial charge in [-0.05, 0) is 24.6 Å². The molecule has 0 aromatic heterocycles. The van der Waals surface area contributed by atoms with Gasteiger partial charge in [-0.25, -0.2) is 16.8 Å². The van der Waals surface area contributed by atoms with E-state index < -0.39 is 25.3 Å². The summed E-state index contributed by atoms with van der Waals surface area (Å²) in [5.41, 5.74) is 0.578. The van der Waals surface area contributed by atoms with E-state index >= 15 is 0 Å². The topological polar surface area (TPSA) is 83.6 Å². The molecule has 1 heterocycles. The highest BCUT2D eigenvalue weighted by Crippen LogP contribution is 2.31. The quantitative estimate of drug-likeness (QED) is 0.832. The van der Waals surface area contributed by atoms with Crippen LogP contribution in [0.4, 0.5) is 11.4 Å². The highest BCUT2D eigenvalue weighted by molar-refractivity contribution is 7.93. The van der Waals surface area contributed by atoms with Crippen LogP contribution in [0.3, 0.4) is 0 Å². The summed E-state index contributed by atoms with van der Waals surface area (Å²) in [5, 5.41) is -0.482. The minimum Gasteiger partial charge on any atom is -0.281 e. The third-order valence-electron chi connectivity index (χ3n) is 2.75. The maximum absolute atomic E-state index is 11.8. The molecule has 1 aromatic carbocycles. The van der Waals surface area contributed by atoms with Crippen molar-refractivity contribution in [2.45, 2.75) is 6.42 Å². The van der Waals surface area contributed by atoms with Crippen LogP contribution in [0.1, 0.15) is 6.42 Å². The van der Waals surface area contributed by atoms with Gasteiger partial charge in [0.05, 0.1) is 22.2 Å². The highest BCUT2D eigenvalue weighted by atomic mass is 35.5. The van der Waals surface area contributed by atoms with Crippen molar-refractivity contribution in [3.8, 4) is 0 Å². The zero-order valence-corrected chi connectivity index (χ0v) is 13.4. The molecule has 0 aliphatic carbocycles. The fourth-order valence-corrected chi connectivity index (χ4v) is 4.43. The molecule has 20 heavy (non-hydrogen) atoms. The van der Waals surface area contributed by atoms with Crippen LogP contribution in [0.25, 0.3) is 0 Å². The van der Waals surface area contributed by atoms with Gasteiger partial charge in [-0.15, -0.1) is 11.6 Å². The van der Waals surface area contributed by atoms with Gasteiger partial charge in [0.15, 0.2) is 0 Å². The third-order valence-corrected chi connectivity index (χ3v) is 6.61. The van der Waals surface area contributed by atoms with E-state index in [1.54, 1.807) is 0 Å². The molecule has 0 bridgehead atoms. The first kappa shape index (κ1) is 15.7. The number of alkyl halides is 1. The van der Waals surface area contributed by atoms with Gasteiger partial charge in [-0.2, -0.15) is 0 Å². The van der Waals surface area contributed by atoms with Crippen molar-refractivity contribution in [1.82, 2.24) is 0 Å². The molecule has 1 aliphatic heterocycles. The Labute approximate surface area is 127 Å². The Bertz CT molecular complexity index is 719. The van der Waals surface area contributed by atoms with E-state index in [1.807, 2.05) is 0 Å². The van der Waals surface area contributed by atoms with Crippen molar-refractivity contribution >= 4 is 54.6 Å². The lowest BCUT2D eigenvalue weighted by molar-refractivity contribution is 0.599. The molecule has 1 aliphatic rings. The van der Waals surface area contributed by atoms with Crippen LogP contribution in [-0.4, -0.2) is 34.3 Å². The summed E-state index contributed by atoms with van der Waals surface area (Å²) in [6.07, 6.45) is 0.556. The maximum Gasteiger partial charge on any atom is 0.246 e. The monoisotopic (exact) mass is 358 g/mol. The Kier molecular flexibility index (Phi) is 4.38. The van der Waals surface area contributed by atoms with Gasteiger partial charge in [-0.1, -0.05) is 11.6 Å². The van der Waals surface area contributed by atoms with E-state index in [0.29, 0.717) is 18.7 Å². The summed E-state index contributed by atoms with van der Waals surface area (Å²) in [7, 11) is -6.95. The third kappa shape index (κ3) is 3.30. The molecule has 2 rings (SSSR count). The standard InChI is InChI=1S/C10H12Cl2N2O4S2/c11-7-19(15,16)13-10-3-2-8(6-9(10)12)14-4-1-5-20(14,17)18/h2-3,6,13H,1,4-5,7H2. The predicted octanol–water partition coefficient (Wildman–Crippen LogP) is 1.82. The zero-order valence-electron chi connectivity index (χ0n) is 10.2. The molecule has 1 N–H and O–H groups in total. The largest absolute Gasteiger partial charge is 0.281 e. The molecule has 0 amide bonds. The molecule has 112 valence electrons. The first-order chi connectivity index (χ1) is 9.25. The molecule has 0 unspecified atom stereocenters. The van der Waals surface area contributed by atoms with Crippen LogP contribution >= 0.6 is 23.2 Å². The zero-order chi connectivity index (χ0) is 15.0. The maximum atomic E-state index is 11.8. The summed E-state index contributed by atoms with van der Waals surface area (Å²) in [6.45, 7) is 0.394. The minimum atomic E-state index is -3.65. The summed E-state index contributed by atoms with van der Waals surface area (Å²) in [6, 6.07) is 4.33. The second-order valence-corrected chi connectivity index (χ2v) is 8.96. The Hall–Kier alpha value is -0.700. The van der Waals surface area contributed by atoms with Crippen molar-refractivity contribution < 1.29 is 16.8 Å². The fourth-order valence-electron chi connectivity index (χ4n) is 1.87. The highest BCUT2D eigenvalue weighted by Gasteiger charge is 2.28. The lowest BCUT2D eigenvalue weighted by Crippen LogP contribution is -2.25. The molecule has 0 atom stereocenters. The molecule has 0 spiro atoms. The number of nitrogens with one attached hydrogen (secondary N) is 1. The number of nitrogens with zero attached hydrogens (tertiary/aromatic N) is 1. The van der Waals surface area contributed by atoms with Crippen LogP contribution in [0.2, 0.25) is 5.02 Å². The number of hydrogen-bond acceptors (Lipinski definition) is 4. The van der Waals surface area contributed by atoms with Crippen LogP contribution in [0.15, 0.2) is 18.2 Å². The second kappa shape index (κ2) is 5.59. The van der Waals surface area contributed by atoms with Gasteiger partial charge in [0.1, 0.15) is 5.21 Å². The molecular formula is C10H12Cl2N2O4S2. The summed E-state index contributed by atoms with van der Waals surface area (Å²) >= 11 is 11.3. The van der Waals surface area contributed by atoms with Gasteiger partial charge >= 0.3 is 0 Å². The Morgan fingerprint density at radius 1 is 1.35 bits per heavy atom. The SMILES string of the molecule is O=S(=O)(CCl)Nc1ccc(N2CCCS2(=O)=O)cc1Cl. The number of rotatable bonds is 4. The first-order valence-corrected chi connectivity index (χ1v) is 9.79. The lowest BCUT2D eigenvalue weighted by atomic mass is 10.3. The Morgan fingerprint density at radius 3 is 2.55 bits per heavy atom. The number of sulfonamides is 2. The Balaban J connectivity index is 2.31. The van der Waals surface area contributed by atoms with Crippen LogP contribution in [0.5, 0.6) is 0 Å². The summed E-state index contributed by atoms with van der Waals surface area (Å²) < 4.78 is 49.8. The van der Waals surface area contributed by atoms with Crippen molar-refractivity contribution in [2.24, 2.45) is 0 Å². The molecule has 0 radical (unpaired) electrons. The van der Waals surface area contributed by atoms with E-state index in [2.05, 4.69) is 4.72 Å². The van der Waals surface area contributed by atoms with Crippen molar-refractivity contribution in [2.75, 3.05) is 26.5 Å². The Morgan fingerprint density at radius 2 is 2.05 bits per heavy atom. The van der Waals surface area contributed by atoms with Crippen LogP contribution in [0, 0.1) is 0 Å². The molecular weight excluding hydrogens is 347 g/mol. The minimum absolute atomic E-state index is 0.102. The van der Waals surface area contributed by atoms with E-state index in [0.717, 1.165) is 0 Å². The number of anilines is 2.